The molecule has 0 atom stereocenters. The van der Waals surface area contributed by atoms with Gasteiger partial charge in [0.2, 0.25) is 0 Å². The molecule has 0 aliphatic carbocycles. The highest BCUT2D eigenvalue weighted by molar-refractivity contribution is 6.30. The van der Waals surface area contributed by atoms with Gasteiger partial charge >= 0.3 is 6.18 Å². The monoisotopic (exact) mass is 606 g/mol. The molecule has 0 aromatic heterocycles. The molecule has 0 radical (unpaired) electrons. The van der Waals surface area contributed by atoms with Crippen LogP contribution in [0, 0.1) is 0 Å². The maximum Gasteiger partial charge on any atom is 0.416 e. The van der Waals surface area contributed by atoms with E-state index in [4.69, 9.17) is 23.2 Å². The van der Waals surface area contributed by atoms with Crippen LogP contribution in [0.25, 0.3) is 0 Å². The molecule has 1 fully saturated rings. The van der Waals surface area contributed by atoms with Crippen LogP contribution in [0.3, 0.4) is 0 Å². The summed E-state index contributed by atoms with van der Waals surface area (Å²) in [5.74, 6) is 0. The number of piperazine rings is 1. The number of rotatable bonds is 11. The summed E-state index contributed by atoms with van der Waals surface area (Å²) in [6, 6.07) is 20.3. The van der Waals surface area contributed by atoms with Crippen molar-refractivity contribution in [1.29, 1.82) is 0 Å². The Labute approximate surface area is 252 Å². The van der Waals surface area contributed by atoms with E-state index >= 15 is 0 Å². The molecule has 1 saturated heterocycles. The van der Waals surface area contributed by atoms with Crippen molar-refractivity contribution in [3.05, 3.63) is 99.0 Å². The zero-order chi connectivity index (χ0) is 29.6. The quantitative estimate of drug-likeness (QED) is 0.222. The zero-order valence-electron chi connectivity index (χ0n) is 24.0. The fourth-order valence-corrected chi connectivity index (χ4v) is 5.72. The lowest BCUT2D eigenvalue weighted by Crippen LogP contribution is -2.47. The second-order valence-corrected chi connectivity index (χ2v) is 11.8. The molecular weight excluding hydrogens is 568 g/mol. The molecule has 41 heavy (non-hydrogen) atoms. The molecule has 0 bridgehead atoms. The first-order valence-corrected chi connectivity index (χ1v) is 14.9. The second kappa shape index (κ2) is 14.3. The Hall–Kier alpha value is -2.29. The number of likely N-dealkylation sites (N-methyl/N-ethyl adjacent to an activating group) is 1. The van der Waals surface area contributed by atoms with Crippen LogP contribution in [-0.4, -0.2) is 74.6 Å². The molecule has 9 heteroatoms. The molecular formula is C32H39Cl2F3N4. The molecule has 0 unspecified atom stereocenters. The van der Waals surface area contributed by atoms with Gasteiger partial charge < -0.3 is 9.80 Å². The first-order chi connectivity index (χ1) is 19.5. The van der Waals surface area contributed by atoms with Gasteiger partial charge in [0.25, 0.3) is 0 Å². The number of hydrogen-bond donors (Lipinski definition) is 0. The zero-order valence-corrected chi connectivity index (χ0v) is 25.5. The fraction of sp³-hybridized carbons (Fsp3) is 0.438. The van der Waals surface area contributed by atoms with Crippen LogP contribution in [0.5, 0.6) is 0 Å². The van der Waals surface area contributed by atoms with Crippen LogP contribution >= 0.6 is 23.2 Å². The van der Waals surface area contributed by atoms with Crippen LogP contribution in [0.2, 0.25) is 10.0 Å². The van der Waals surface area contributed by atoms with Gasteiger partial charge in [0.1, 0.15) is 0 Å². The van der Waals surface area contributed by atoms with Gasteiger partial charge in [-0.1, -0.05) is 54.4 Å². The highest BCUT2D eigenvalue weighted by Crippen LogP contribution is 2.36. The lowest BCUT2D eigenvalue weighted by molar-refractivity contribution is -0.138. The second-order valence-electron chi connectivity index (χ2n) is 10.9. The van der Waals surface area contributed by atoms with Crippen molar-refractivity contribution < 1.29 is 13.2 Å². The Kier molecular flexibility index (Phi) is 11.0. The van der Waals surface area contributed by atoms with Gasteiger partial charge in [-0.3, -0.25) is 9.80 Å². The van der Waals surface area contributed by atoms with E-state index in [-0.39, 0.29) is 12.6 Å². The number of alkyl halides is 3. The van der Waals surface area contributed by atoms with Crippen LogP contribution in [0.1, 0.15) is 41.6 Å². The van der Waals surface area contributed by atoms with Crippen molar-refractivity contribution in [3.63, 3.8) is 0 Å². The first kappa shape index (κ1) is 31.6. The minimum atomic E-state index is -4.40. The molecule has 222 valence electrons. The van der Waals surface area contributed by atoms with Crippen molar-refractivity contribution in [1.82, 2.24) is 14.7 Å². The topological polar surface area (TPSA) is 13.0 Å². The Morgan fingerprint density at radius 3 is 1.83 bits per heavy atom. The summed E-state index contributed by atoms with van der Waals surface area (Å²) in [7, 11) is 4.01. The third kappa shape index (κ3) is 8.62. The van der Waals surface area contributed by atoms with Gasteiger partial charge in [-0.25, -0.2) is 0 Å². The summed E-state index contributed by atoms with van der Waals surface area (Å²) in [5, 5.41) is 1.35. The van der Waals surface area contributed by atoms with Gasteiger partial charge in [0.15, 0.2) is 0 Å². The number of halogens is 5. The average molecular weight is 608 g/mol. The molecule has 0 N–H and O–H groups in total. The number of benzene rings is 3. The predicted octanol–water partition coefficient (Wildman–Crippen LogP) is 7.70. The third-order valence-corrected chi connectivity index (χ3v) is 8.11. The Balaban J connectivity index is 1.53. The molecule has 0 saturated carbocycles. The Bertz CT molecular complexity index is 1200. The van der Waals surface area contributed by atoms with E-state index in [0.29, 0.717) is 28.7 Å². The predicted molar refractivity (Wildman–Crippen MR) is 164 cm³/mol. The standard InChI is InChI=1S/C32H39Cl2F3N4/c1-4-15-40(19-16-38(2)3)29-13-14-30(32(35,36)37)26(22-29)23-39-17-20-41(21-18-39)31(24-5-9-27(33)10-6-24)25-7-11-28(34)12-8-25/h5-14,22,31H,4,15-21,23H2,1-3H3. The fourth-order valence-electron chi connectivity index (χ4n) is 5.47. The molecule has 4 rings (SSSR count). The minimum Gasteiger partial charge on any atom is -0.370 e. The molecule has 0 amide bonds. The Morgan fingerprint density at radius 2 is 1.34 bits per heavy atom. The van der Waals surface area contributed by atoms with E-state index in [1.165, 1.54) is 6.07 Å². The van der Waals surface area contributed by atoms with Crippen molar-refractivity contribution in [3.8, 4) is 0 Å². The summed E-state index contributed by atoms with van der Waals surface area (Å²) in [4.78, 5) is 8.79. The molecule has 3 aromatic rings. The smallest absolute Gasteiger partial charge is 0.370 e. The maximum atomic E-state index is 14.1. The number of hydrogen-bond acceptors (Lipinski definition) is 4. The summed E-state index contributed by atoms with van der Waals surface area (Å²) in [6.45, 7) is 7.53. The molecule has 4 nitrogen and oxygen atoms in total. The lowest BCUT2D eigenvalue weighted by Gasteiger charge is -2.40. The van der Waals surface area contributed by atoms with Crippen LogP contribution in [0.4, 0.5) is 18.9 Å². The van der Waals surface area contributed by atoms with Crippen LogP contribution in [0.15, 0.2) is 66.7 Å². The summed E-state index contributed by atoms with van der Waals surface area (Å²) >= 11 is 12.3. The van der Waals surface area contributed by atoms with Gasteiger partial charge in [0.05, 0.1) is 11.6 Å². The molecule has 0 spiro atoms. The molecule has 1 aliphatic heterocycles. The minimum absolute atomic E-state index is 0.0000429. The van der Waals surface area contributed by atoms with Crippen molar-refractivity contribution in [2.45, 2.75) is 32.1 Å². The normalized spacial score (nSPS) is 15.2. The number of nitrogens with zero attached hydrogens (tertiary/aromatic N) is 4. The average Bonchev–Trinajstić information content (AvgIpc) is 2.93. The van der Waals surface area contributed by atoms with Crippen LogP contribution < -0.4 is 4.90 Å². The van der Waals surface area contributed by atoms with E-state index in [0.717, 1.165) is 56.0 Å². The van der Waals surface area contributed by atoms with Crippen molar-refractivity contribution in [2.75, 3.05) is 64.8 Å². The summed E-state index contributed by atoms with van der Waals surface area (Å²) in [5.41, 5.74) is 2.87. The van der Waals surface area contributed by atoms with Crippen LogP contribution in [-0.2, 0) is 12.7 Å². The molecule has 3 aromatic carbocycles. The van der Waals surface area contributed by atoms with E-state index < -0.39 is 11.7 Å². The van der Waals surface area contributed by atoms with Gasteiger partial charge in [-0.2, -0.15) is 13.2 Å². The van der Waals surface area contributed by atoms with Gasteiger partial charge in [-0.15, -0.1) is 0 Å². The Morgan fingerprint density at radius 1 is 0.780 bits per heavy atom. The van der Waals surface area contributed by atoms with E-state index in [9.17, 15) is 13.2 Å². The highest BCUT2D eigenvalue weighted by Gasteiger charge is 2.35. The SMILES string of the molecule is CCCN(CCN(C)C)c1ccc(C(F)(F)F)c(CN2CCN(C(c3ccc(Cl)cc3)c3ccc(Cl)cc3)CC2)c1. The van der Waals surface area contributed by atoms with E-state index in [1.54, 1.807) is 12.1 Å². The lowest BCUT2D eigenvalue weighted by atomic mass is 9.96. The largest absolute Gasteiger partial charge is 0.416 e. The molecule has 1 heterocycles. The number of anilines is 1. The summed E-state index contributed by atoms with van der Waals surface area (Å²) < 4.78 is 42.2. The summed E-state index contributed by atoms with van der Waals surface area (Å²) in [6.07, 6.45) is -3.47. The van der Waals surface area contributed by atoms with Gasteiger partial charge in [0, 0.05) is 68.1 Å². The first-order valence-electron chi connectivity index (χ1n) is 14.1. The van der Waals surface area contributed by atoms with Crippen molar-refractivity contribution >= 4 is 28.9 Å². The maximum absolute atomic E-state index is 14.1. The van der Waals surface area contributed by atoms with E-state index in [2.05, 4.69) is 26.5 Å². The van der Waals surface area contributed by atoms with E-state index in [1.807, 2.05) is 62.6 Å². The highest BCUT2D eigenvalue weighted by atomic mass is 35.5. The molecule has 1 aliphatic rings. The van der Waals surface area contributed by atoms with Gasteiger partial charge in [-0.05, 0) is 79.7 Å². The van der Waals surface area contributed by atoms with Crippen molar-refractivity contribution in [2.24, 2.45) is 0 Å². The third-order valence-electron chi connectivity index (χ3n) is 7.61.